The summed E-state index contributed by atoms with van der Waals surface area (Å²) in [4.78, 5) is 10.5. The Kier molecular flexibility index (Phi) is 2.09. The number of nitrogens with zero attached hydrogens (tertiary/aromatic N) is 1. The van der Waals surface area contributed by atoms with Gasteiger partial charge in [-0.1, -0.05) is 12.2 Å². The molecule has 1 heterocycles. The molecule has 5 heteroatoms. The monoisotopic (exact) mass is 172 g/mol. The van der Waals surface area contributed by atoms with Gasteiger partial charge in [-0.2, -0.15) is 0 Å². The molecule has 11 heavy (non-hydrogen) atoms. The number of rotatable bonds is 2. The fourth-order valence-electron chi connectivity index (χ4n) is 0.796. The van der Waals surface area contributed by atoms with E-state index in [1.807, 2.05) is 6.92 Å². The van der Waals surface area contributed by atoms with Crippen molar-refractivity contribution in [2.75, 3.05) is 0 Å². The van der Waals surface area contributed by atoms with Crippen LogP contribution in [0.2, 0.25) is 0 Å². The van der Waals surface area contributed by atoms with Gasteiger partial charge in [-0.25, -0.2) is 4.79 Å². The summed E-state index contributed by atoms with van der Waals surface area (Å²) in [5.41, 5.74) is 0.154. The molecular formula is C6H8N2O2S. The van der Waals surface area contributed by atoms with E-state index in [9.17, 15) is 4.79 Å². The minimum Gasteiger partial charge on any atom is -0.478 e. The van der Waals surface area contributed by atoms with Gasteiger partial charge in [-0.15, -0.1) is 0 Å². The highest BCUT2D eigenvalue weighted by atomic mass is 32.1. The molecule has 1 aromatic heterocycles. The van der Waals surface area contributed by atoms with Gasteiger partial charge in [0.2, 0.25) is 0 Å². The first-order chi connectivity index (χ1) is 5.16. The minimum atomic E-state index is -0.988. The lowest BCUT2D eigenvalue weighted by atomic mass is 10.4. The lowest BCUT2D eigenvalue weighted by molar-refractivity contribution is 0.0696. The molecule has 0 aliphatic rings. The second kappa shape index (κ2) is 2.87. The van der Waals surface area contributed by atoms with Crippen LogP contribution in [0.25, 0.3) is 0 Å². The molecule has 60 valence electrons. The first kappa shape index (κ1) is 8.00. The van der Waals surface area contributed by atoms with Crippen LogP contribution >= 0.6 is 12.2 Å². The molecule has 0 radical (unpaired) electrons. The highest BCUT2D eigenvalue weighted by Gasteiger charge is 2.07. The lowest BCUT2D eigenvalue weighted by Gasteiger charge is -1.92. The molecule has 0 spiro atoms. The number of aromatic amines is 1. The molecule has 0 saturated heterocycles. The number of carboxylic acid groups (broad SMARTS) is 1. The maximum atomic E-state index is 10.5. The molecular weight excluding hydrogens is 164 g/mol. The van der Waals surface area contributed by atoms with Crippen LogP contribution in [-0.4, -0.2) is 20.9 Å². The molecule has 2 N–H and O–H groups in total. The van der Waals surface area contributed by atoms with Crippen LogP contribution in [0.1, 0.15) is 17.3 Å². The van der Waals surface area contributed by atoms with Crippen molar-refractivity contribution in [3.63, 3.8) is 0 Å². The summed E-state index contributed by atoms with van der Waals surface area (Å²) < 4.78 is 1.94. The zero-order valence-electron chi connectivity index (χ0n) is 6.00. The van der Waals surface area contributed by atoms with Gasteiger partial charge >= 0.3 is 5.97 Å². The van der Waals surface area contributed by atoms with Gasteiger partial charge in [0.15, 0.2) is 0 Å². The second-order valence-electron chi connectivity index (χ2n) is 2.04. The van der Waals surface area contributed by atoms with Crippen molar-refractivity contribution in [2.45, 2.75) is 13.5 Å². The SMILES string of the molecule is CCn1[nH]cc(C(=O)O)c1=S. The highest BCUT2D eigenvalue weighted by molar-refractivity contribution is 7.71. The maximum Gasteiger partial charge on any atom is 0.340 e. The Hall–Kier alpha value is -1.10. The number of hydrogen-bond acceptors (Lipinski definition) is 2. The molecule has 1 aromatic rings. The van der Waals surface area contributed by atoms with Crippen molar-refractivity contribution in [3.05, 3.63) is 16.4 Å². The van der Waals surface area contributed by atoms with E-state index < -0.39 is 5.97 Å². The summed E-state index contributed by atoms with van der Waals surface area (Å²) in [6.45, 7) is 2.55. The molecule has 1 rings (SSSR count). The van der Waals surface area contributed by atoms with E-state index in [1.165, 1.54) is 6.20 Å². The third kappa shape index (κ3) is 1.32. The Morgan fingerprint density at radius 2 is 2.55 bits per heavy atom. The van der Waals surface area contributed by atoms with Gasteiger partial charge in [0.05, 0.1) is 0 Å². The van der Waals surface area contributed by atoms with Crippen LogP contribution in [-0.2, 0) is 6.54 Å². The predicted molar refractivity (Wildman–Crippen MR) is 42.2 cm³/mol. The number of hydrogen-bond donors (Lipinski definition) is 2. The number of aromatic carboxylic acids is 1. The predicted octanol–water partition coefficient (Wildman–Crippen LogP) is 1.26. The Labute approximate surface area is 68.4 Å². The summed E-state index contributed by atoms with van der Waals surface area (Å²) in [5, 5.41) is 11.3. The standard InChI is InChI=1S/C6H8N2O2S/c1-2-8-5(11)4(3-7-8)6(9)10/h3,7H,2H2,1H3,(H,9,10). The molecule has 0 aromatic carbocycles. The van der Waals surface area contributed by atoms with Gasteiger partial charge in [-0.3, -0.25) is 4.68 Å². The van der Waals surface area contributed by atoms with Crippen LogP contribution in [0.5, 0.6) is 0 Å². The maximum absolute atomic E-state index is 10.5. The minimum absolute atomic E-state index is 0.154. The van der Waals surface area contributed by atoms with Crippen molar-refractivity contribution in [3.8, 4) is 0 Å². The normalized spacial score (nSPS) is 9.91. The topological polar surface area (TPSA) is 58.0 Å². The second-order valence-corrected chi connectivity index (χ2v) is 2.43. The first-order valence-electron chi connectivity index (χ1n) is 3.18. The van der Waals surface area contributed by atoms with Crippen molar-refractivity contribution in [1.82, 2.24) is 9.78 Å². The van der Waals surface area contributed by atoms with E-state index in [1.54, 1.807) is 4.68 Å². The third-order valence-corrected chi connectivity index (χ3v) is 1.83. The van der Waals surface area contributed by atoms with Crippen molar-refractivity contribution < 1.29 is 9.90 Å². The van der Waals surface area contributed by atoms with E-state index in [2.05, 4.69) is 5.10 Å². The number of H-pyrrole nitrogens is 1. The highest BCUT2D eigenvalue weighted by Crippen LogP contribution is 2.01. The molecule has 0 saturated carbocycles. The largest absolute Gasteiger partial charge is 0.478 e. The summed E-state index contributed by atoms with van der Waals surface area (Å²) in [6.07, 6.45) is 1.40. The Morgan fingerprint density at radius 3 is 2.82 bits per heavy atom. The van der Waals surface area contributed by atoms with Gasteiger partial charge in [0, 0.05) is 12.7 Å². The fraction of sp³-hybridized carbons (Fsp3) is 0.333. The van der Waals surface area contributed by atoms with E-state index in [4.69, 9.17) is 17.3 Å². The summed E-state index contributed by atoms with van der Waals surface area (Å²) in [6, 6.07) is 0. The fourth-order valence-corrected chi connectivity index (χ4v) is 1.12. The van der Waals surface area contributed by atoms with E-state index in [0.29, 0.717) is 11.2 Å². The molecule has 4 nitrogen and oxygen atoms in total. The van der Waals surface area contributed by atoms with E-state index in [-0.39, 0.29) is 5.56 Å². The van der Waals surface area contributed by atoms with Gasteiger partial charge in [-0.05, 0) is 6.92 Å². The molecule has 0 aliphatic carbocycles. The Morgan fingerprint density at radius 1 is 1.91 bits per heavy atom. The molecule has 0 bridgehead atoms. The van der Waals surface area contributed by atoms with Crippen molar-refractivity contribution in [1.29, 1.82) is 0 Å². The van der Waals surface area contributed by atoms with E-state index >= 15 is 0 Å². The van der Waals surface area contributed by atoms with Crippen LogP contribution in [0.15, 0.2) is 6.20 Å². The summed E-state index contributed by atoms with van der Waals surface area (Å²) in [5.74, 6) is -0.988. The van der Waals surface area contributed by atoms with Gasteiger partial charge in [0.1, 0.15) is 10.2 Å². The number of aromatic nitrogens is 2. The number of aryl methyl sites for hydroxylation is 1. The van der Waals surface area contributed by atoms with Crippen LogP contribution in [0.4, 0.5) is 0 Å². The molecule has 0 fully saturated rings. The lowest BCUT2D eigenvalue weighted by Crippen LogP contribution is -1.98. The van der Waals surface area contributed by atoms with Crippen LogP contribution in [0.3, 0.4) is 0 Å². The molecule has 0 aliphatic heterocycles. The first-order valence-corrected chi connectivity index (χ1v) is 3.59. The summed E-state index contributed by atoms with van der Waals surface area (Å²) >= 11 is 4.85. The van der Waals surface area contributed by atoms with Crippen LogP contribution < -0.4 is 0 Å². The zero-order chi connectivity index (χ0) is 8.43. The average Bonchev–Trinajstić information content (AvgIpc) is 2.30. The van der Waals surface area contributed by atoms with Crippen molar-refractivity contribution in [2.24, 2.45) is 0 Å². The zero-order valence-corrected chi connectivity index (χ0v) is 6.81. The summed E-state index contributed by atoms with van der Waals surface area (Å²) in [7, 11) is 0. The quantitative estimate of drug-likeness (QED) is 0.660. The van der Waals surface area contributed by atoms with E-state index in [0.717, 1.165) is 0 Å². The Balaban J connectivity index is 3.22. The van der Waals surface area contributed by atoms with Crippen molar-refractivity contribution >= 4 is 18.2 Å². The smallest absolute Gasteiger partial charge is 0.340 e. The number of carboxylic acids is 1. The van der Waals surface area contributed by atoms with Gasteiger partial charge < -0.3 is 10.2 Å². The Bertz CT molecular complexity index is 326. The van der Waals surface area contributed by atoms with Gasteiger partial charge in [0.25, 0.3) is 0 Å². The molecule has 0 amide bonds. The number of nitrogens with one attached hydrogen (secondary N) is 1. The average molecular weight is 172 g/mol. The molecule has 0 unspecified atom stereocenters. The third-order valence-electron chi connectivity index (χ3n) is 1.39. The molecule has 0 atom stereocenters. The number of carbonyl (C=O) groups is 1. The van der Waals surface area contributed by atoms with Crippen LogP contribution in [0, 0.1) is 4.64 Å².